The smallest absolute Gasteiger partial charge is 0.408 e. The standard InChI is InChI=1S/C36H48N6O4/c1-33(2,3)27(41-31(43)45-35(7,8)9)29-37-23-17-15-21(19-25(23)39-29)13-14-22-16-18-24-26(20-22)40-30(38-24)28(34(4,5)6)42-32(44)46-36(10,11)12/h15-20,27-28H,1-12H3,(H,37,39)(H,38,40)(H,41,43)(H,42,44)/t27-,28?/m1/s1. The van der Waals surface area contributed by atoms with Crippen molar-refractivity contribution in [3.63, 3.8) is 0 Å². The van der Waals surface area contributed by atoms with Gasteiger partial charge in [-0.3, -0.25) is 0 Å². The van der Waals surface area contributed by atoms with Gasteiger partial charge in [-0.05, 0) is 88.8 Å². The molecule has 2 amide bonds. The molecule has 2 aromatic carbocycles. The molecule has 0 saturated carbocycles. The fourth-order valence-electron chi connectivity index (χ4n) is 4.87. The normalized spacial score (nSPS) is 13.9. The number of nitrogens with zero attached hydrogens (tertiary/aromatic N) is 2. The maximum atomic E-state index is 12.6. The third-order valence-corrected chi connectivity index (χ3v) is 6.95. The van der Waals surface area contributed by atoms with Gasteiger partial charge in [0.1, 0.15) is 22.9 Å². The van der Waals surface area contributed by atoms with Crippen molar-refractivity contribution in [3.8, 4) is 11.8 Å². The number of nitrogens with one attached hydrogen (secondary N) is 4. The number of alkyl carbamates (subject to hydrolysis) is 2. The van der Waals surface area contributed by atoms with Crippen molar-refractivity contribution in [1.29, 1.82) is 0 Å². The summed E-state index contributed by atoms with van der Waals surface area (Å²) in [5.74, 6) is 7.80. The fraction of sp³-hybridized carbons (Fsp3) is 0.500. The lowest BCUT2D eigenvalue weighted by molar-refractivity contribution is 0.0448. The van der Waals surface area contributed by atoms with Crippen molar-refractivity contribution < 1.29 is 19.1 Å². The van der Waals surface area contributed by atoms with Crippen molar-refractivity contribution in [2.24, 2.45) is 10.8 Å². The first-order valence-corrected chi connectivity index (χ1v) is 15.6. The van der Waals surface area contributed by atoms with Gasteiger partial charge in [0.2, 0.25) is 0 Å². The molecule has 0 fully saturated rings. The van der Waals surface area contributed by atoms with Crippen LogP contribution in [0.5, 0.6) is 0 Å². The van der Waals surface area contributed by atoms with Crippen LogP contribution in [0.25, 0.3) is 22.1 Å². The zero-order valence-corrected chi connectivity index (χ0v) is 29.1. The second-order valence-electron chi connectivity index (χ2n) is 15.8. The SMILES string of the molecule is CC(C)(C)OC(=O)NC(c1nc2ccc(C#Cc3ccc4nc([C@@H](NC(=O)OC(C)(C)C)C(C)(C)C)[nH]c4c3)cc2[nH]1)C(C)(C)C. The number of amides is 2. The molecule has 4 rings (SSSR count). The van der Waals surface area contributed by atoms with Crippen LogP contribution in [0, 0.1) is 22.7 Å². The molecular formula is C36H48N6O4. The lowest BCUT2D eigenvalue weighted by atomic mass is 9.86. The Labute approximate surface area is 271 Å². The topological polar surface area (TPSA) is 134 Å². The van der Waals surface area contributed by atoms with Gasteiger partial charge in [0.25, 0.3) is 0 Å². The van der Waals surface area contributed by atoms with Crippen molar-refractivity contribution in [3.05, 3.63) is 59.2 Å². The van der Waals surface area contributed by atoms with E-state index in [4.69, 9.17) is 19.4 Å². The summed E-state index contributed by atoms with van der Waals surface area (Å²) in [6.45, 7) is 23.3. The Kier molecular flexibility index (Phi) is 9.22. The number of hydrogen-bond acceptors (Lipinski definition) is 6. The van der Waals surface area contributed by atoms with Gasteiger partial charge >= 0.3 is 12.2 Å². The summed E-state index contributed by atoms with van der Waals surface area (Å²) in [5, 5.41) is 5.97. The van der Waals surface area contributed by atoms with Crippen LogP contribution in [0.1, 0.15) is 118 Å². The molecule has 0 saturated heterocycles. The Bertz CT molecular complexity index is 1670. The number of carbonyl (C=O) groups excluding carboxylic acids is 2. The van der Waals surface area contributed by atoms with E-state index < -0.39 is 35.5 Å². The monoisotopic (exact) mass is 628 g/mol. The van der Waals surface area contributed by atoms with E-state index in [0.717, 1.165) is 33.2 Å². The molecule has 0 aliphatic rings. The summed E-state index contributed by atoms with van der Waals surface area (Å²) in [5.41, 5.74) is 2.97. The molecule has 0 aliphatic heterocycles. The van der Waals surface area contributed by atoms with E-state index in [9.17, 15) is 9.59 Å². The van der Waals surface area contributed by atoms with E-state index in [0.29, 0.717) is 11.6 Å². The average molecular weight is 629 g/mol. The summed E-state index contributed by atoms with van der Waals surface area (Å²) in [6, 6.07) is 10.8. The van der Waals surface area contributed by atoms with E-state index in [2.05, 4.69) is 32.4 Å². The molecule has 0 radical (unpaired) electrons. The number of fused-ring (bicyclic) bond motifs is 2. The Hall–Kier alpha value is -4.52. The lowest BCUT2D eigenvalue weighted by Crippen LogP contribution is -2.40. The number of aromatic nitrogens is 4. The van der Waals surface area contributed by atoms with E-state index in [1.54, 1.807) is 0 Å². The minimum Gasteiger partial charge on any atom is -0.444 e. The van der Waals surface area contributed by atoms with Crippen molar-refractivity contribution in [2.75, 3.05) is 0 Å². The van der Waals surface area contributed by atoms with Crippen molar-refractivity contribution >= 4 is 34.3 Å². The summed E-state index contributed by atoms with van der Waals surface area (Å²) < 4.78 is 11.0. The number of aromatic amines is 2. The number of carbonyl (C=O) groups is 2. The number of ether oxygens (including phenoxy) is 2. The van der Waals surface area contributed by atoms with Gasteiger partial charge < -0.3 is 30.1 Å². The molecule has 0 bridgehead atoms. The molecule has 4 N–H and O–H groups in total. The highest BCUT2D eigenvalue weighted by Crippen LogP contribution is 2.34. The quantitative estimate of drug-likeness (QED) is 0.169. The molecule has 2 heterocycles. The van der Waals surface area contributed by atoms with Gasteiger partial charge in [-0.2, -0.15) is 0 Å². The van der Waals surface area contributed by atoms with Crippen molar-refractivity contribution in [1.82, 2.24) is 30.6 Å². The molecule has 0 spiro atoms. The predicted octanol–water partition coefficient (Wildman–Crippen LogP) is 8.06. The number of imidazole rings is 2. The van der Waals surface area contributed by atoms with Gasteiger partial charge in [-0.15, -0.1) is 0 Å². The van der Waals surface area contributed by atoms with Gasteiger partial charge in [-0.1, -0.05) is 53.4 Å². The maximum absolute atomic E-state index is 12.6. The van der Waals surface area contributed by atoms with Gasteiger partial charge in [0.15, 0.2) is 0 Å². The van der Waals surface area contributed by atoms with Crippen LogP contribution < -0.4 is 10.6 Å². The number of benzene rings is 2. The highest BCUT2D eigenvalue weighted by atomic mass is 16.6. The third-order valence-electron chi connectivity index (χ3n) is 6.95. The van der Waals surface area contributed by atoms with Crippen LogP contribution in [0.15, 0.2) is 36.4 Å². The minimum absolute atomic E-state index is 0.322. The van der Waals surface area contributed by atoms with Crippen molar-refractivity contribution in [2.45, 2.75) is 106 Å². The van der Waals surface area contributed by atoms with Gasteiger partial charge in [0.05, 0.1) is 34.2 Å². The number of rotatable bonds is 4. The molecule has 0 aliphatic carbocycles. The first kappa shape index (κ1) is 34.4. The first-order valence-electron chi connectivity index (χ1n) is 15.6. The molecule has 10 heteroatoms. The van der Waals surface area contributed by atoms with Crippen LogP contribution in [0.3, 0.4) is 0 Å². The predicted molar refractivity (Wildman–Crippen MR) is 181 cm³/mol. The fourth-order valence-corrected chi connectivity index (χ4v) is 4.87. The summed E-state index contributed by atoms with van der Waals surface area (Å²) in [6.07, 6.45) is -0.983. The molecule has 4 aromatic rings. The Morgan fingerprint density at radius 1 is 0.630 bits per heavy atom. The Balaban J connectivity index is 1.57. The molecule has 1 unspecified atom stereocenters. The van der Waals surface area contributed by atoms with Crippen LogP contribution in [0.2, 0.25) is 0 Å². The summed E-state index contributed by atoms with van der Waals surface area (Å²) in [7, 11) is 0. The molecule has 2 atom stereocenters. The van der Waals surface area contributed by atoms with Gasteiger partial charge in [-0.25, -0.2) is 19.6 Å². The second-order valence-corrected chi connectivity index (χ2v) is 15.8. The van der Waals surface area contributed by atoms with E-state index in [1.807, 2.05) is 119 Å². The molecule has 10 nitrogen and oxygen atoms in total. The average Bonchev–Trinajstić information content (AvgIpc) is 3.49. The highest BCUT2D eigenvalue weighted by Gasteiger charge is 2.33. The second kappa shape index (κ2) is 12.3. The summed E-state index contributed by atoms with van der Waals surface area (Å²) in [4.78, 5) is 41.5. The van der Waals surface area contributed by atoms with E-state index >= 15 is 0 Å². The van der Waals surface area contributed by atoms with Crippen LogP contribution in [0.4, 0.5) is 9.59 Å². The molecular weight excluding hydrogens is 580 g/mol. The van der Waals surface area contributed by atoms with E-state index in [-0.39, 0.29) is 10.8 Å². The van der Waals surface area contributed by atoms with Crippen LogP contribution in [-0.2, 0) is 9.47 Å². The molecule has 246 valence electrons. The van der Waals surface area contributed by atoms with Crippen LogP contribution >= 0.6 is 0 Å². The molecule has 2 aromatic heterocycles. The summed E-state index contributed by atoms with van der Waals surface area (Å²) >= 11 is 0. The largest absolute Gasteiger partial charge is 0.444 e. The Morgan fingerprint density at radius 3 is 1.28 bits per heavy atom. The Morgan fingerprint density at radius 2 is 0.978 bits per heavy atom. The first-order chi connectivity index (χ1) is 21.1. The number of hydrogen-bond donors (Lipinski definition) is 4. The number of H-pyrrole nitrogens is 2. The molecule has 46 heavy (non-hydrogen) atoms. The highest BCUT2D eigenvalue weighted by molar-refractivity contribution is 5.79. The minimum atomic E-state index is -0.605. The van der Waals surface area contributed by atoms with E-state index in [1.165, 1.54) is 0 Å². The maximum Gasteiger partial charge on any atom is 0.408 e. The third kappa shape index (κ3) is 9.03. The van der Waals surface area contributed by atoms with Crippen LogP contribution in [-0.4, -0.2) is 43.3 Å². The zero-order chi connectivity index (χ0) is 34.2. The zero-order valence-electron chi connectivity index (χ0n) is 29.1. The lowest BCUT2D eigenvalue weighted by Gasteiger charge is -2.31. The van der Waals surface area contributed by atoms with Gasteiger partial charge in [0, 0.05) is 11.1 Å².